The molecule has 0 radical (unpaired) electrons. The Kier molecular flexibility index (Phi) is 5.79. The zero-order chi connectivity index (χ0) is 17.5. The number of nitrogens with zero attached hydrogens (tertiary/aromatic N) is 3. The molecular formula is C18H23N5O2. The average Bonchev–Trinajstić information content (AvgIpc) is 2.68. The van der Waals surface area contributed by atoms with Crippen molar-refractivity contribution in [1.82, 2.24) is 15.3 Å². The number of para-hydroxylation sites is 2. The number of nitrogens with one attached hydrogen (secondary N) is 2. The highest BCUT2D eigenvalue weighted by atomic mass is 16.5. The van der Waals surface area contributed by atoms with E-state index in [0.717, 1.165) is 44.1 Å². The summed E-state index contributed by atoms with van der Waals surface area (Å²) in [6, 6.07) is 8.05. The first-order valence-corrected chi connectivity index (χ1v) is 8.57. The van der Waals surface area contributed by atoms with Gasteiger partial charge in [-0.25, -0.2) is 9.97 Å². The molecule has 2 aromatic rings. The van der Waals surface area contributed by atoms with Crippen LogP contribution in [0.15, 0.2) is 36.7 Å². The SMILES string of the molecule is CCCNC(=O)c1cnc(Nc2ccccc2N2CCOCC2)nc1. The maximum absolute atomic E-state index is 11.9. The lowest BCUT2D eigenvalue weighted by atomic mass is 10.2. The molecule has 7 heteroatoms. The number of rotatable bonds is 6. The molecule has 1 saturated heterocycles. The molecule has 1 aliphatic heterocycles. The molecule has 1 fully saturated rings. The standard InChI is InChI=1S/C18H23N5O2/c1-2-7-19-17(24)14-12-20-18(21-13-14)22-15-5-3-4-6-16(15)23-8-10-25-11-9-23/h3-6,12-13H,2,7-11H2,1H3,(H,19,24)(H,20,21,22). The highest BCUT2D eigenvalue weighted by molar-refractivity contribution is 5.93. The van der Waals surface area contributed by atoms with Crippen LogP contribution < -0.4 is 15.5 Å². The molecule has 2 N–H and O–H groups in total. The maximum atomic E-state index is 11.9. The van der Waals surface area contributed by atoms with Crippen molar-refractivity contribution in [3.8, 4) is 0 Å². The van der Waals surface area contributed by atoms with Gasteiger partial charge in [-0.1, -0.05) is 19.1 Å². The predicted octanol–water partition coefficient (Wildman–Crippen LogP) is 2.20. The van der Waals surface area contributed by atoms with E-state index >= 15 is 0 Å². The van der Waals surface area contributed by atoms with Gasteiger partial charge in [-0.05, 0) is 18.6 Å². The maximum Gasteiger partial charge on any atom is 0.254 e. The van der Waals surface area contributed by atoms with E-state index < -0.39 is 0 Å². The van der Waals surface area contributed by atoms with Crippen LogP contribution in [0.1, 0.15) is 23.7 Å². The molecule has 1 aromatic carbocycles. The van der Waals surface area contributed by atoms with E-state index in [9.17, 15) is 4.79 Å². The van der Waals surface area contributed by atoms with Crippen LogP contribution in [0.4, 0.5) is 17.3 Å². The Balaban J connectivity index is 1.71. The van der Waals surface area contributed by atoms with Crippen molar-refractivity contribution in [2.45, 2.75) is 13.3 Å². The largest absolute Gasteiger partial charge is 0.378 e. The Bertz CT molecular complexity index is 699. The third kappa shape index (κ3) is 4.45. The summed E-state index contributed by atoms with van der Waals surface area (Å²) in [5, 5.41) is 6.05. The quantitative estimate of drug-likeness (QED) is 0.838. The molecule has 1 aliphatic rings. The van der Waals surface area contributed by atoms with E-state index in [4.69, 9.17) is 4.74 Å². The van der Waals surface area contributed by atoms with Gasteiger partial charge in [0.2, 0.25) is 5.95 Å². The molecule has 1 aromatic heterocycles. The van der Waals surface area contributed by atoms with E-state index in [0.29, 0.717) is 18.1 Å². The second-order valence-corrected chi connectivity index (χ2v) is 5.79. The molecule has 7 nitrogen and oxygen atoms in total. The van der Waals surface area contributed by atoms with Gasteiger partial charge in [0, 0.05) is 32.0 Å². The molecule has 0 aliphatic carbocycles. The monoisotopic (exact) mass is 341 g/mol. The number of carbonyl (C=O) groups is 1. The molecule has 25 heavy (non-hydrogen) atoms. The molecule has 0 unspecified atom stereocenters. The summed E-state index contributed by atoms with van der Waals surface area (Å²) in [6.07, 6.45) is 3.97. The lowest BCUT2D eigenvalue weighted by molar-refractivity contribution is 0.0953. The van der Waals surface area contributed by atoms with Gasteiger partial charge in [0.15, 0.2) is 0 Å². The fraction of sp³-hybridized carbons (Fsp3) is 0.389. The first-order chi connectivity index (χ1) is 12.3. The summed E-state index contributed by atoms with van der Waals surface area (Å²) in [7, 11) is 0. The van der Waals surface area contributed by atoms with Crippen molar-refractivity contribution in [3.05, 3.63) is 42.2 Å². The van der Waals surface area contributed by atoms with Crippen LogP contribution >= 0.6 is 0 Å². The summed E-state index contributed by atoms with van der Waals surface area (Å²) in [6.45, 7) is 5.83. The molecule has 2 heterocycles. The summed E-state index contributed by atoms with van der Waals surface area (Å²) < 4.78 is 5.42. The van der Waals surface area contributed by atoms with Gasteiger partial charge in [-0.3, -0.25) is 4.79 Å². The molecule has 0 bridgehead atoms. The fourth-order valence-corrected chi connectivity index (χ4v) is 2.63. The number of morpholine rings is 1. The smallest absolute Gasteiger partial charge is 0.254 e. The minimum absolute atomic E-state index is 0.151. The Morgan fingerprint density at radius 3 is 2.64 bits per heavy atom. The zero-order valence-corrected chi connectivity index (χ0v) is 14.4. The third-order valence-electron chi connectivity index (χ3n) is 3.95. The van der Waals surface area contributed by atoms with Crippen molar-refractivity contribution in [1.29, 1.82) is 0 Å². The van der Waals surface area contributed by atoms with Crippen molar-refractivity contribution in [2.75, 3.05) is 43.1 Å². The fourth-order valence-electron chi connectivity index (χ4n) is 2.63. The molecule has 3 rings (SSSR count). The van der Waals surface area contributed by atoms with Crippen molar-refractivity contribution >= 4 is 23.2 Å². The molecule has 132 valence electrons. The topological polar surface area (TPSA) is 79.4 Å². The normalized spacial score (nSPS) is 14.2. The summed E-state index contributed by atoms with van der Waals surface area (Å²) in [5.41, 5.74) is 2.49. The number of amides is 1. The minimum Gasteiger partial charge on any atom is -0.378 e. The summed E-state index contributed by atoms with van der Waals surface area (Å²) in [5.74, 6) is 0.315. The highest BCUT2D eigenvalue weighted by Gasteiger charge is 2.15. The van der Waals surface area contributed by atoms with Gasteiger partial charge in [0.1, 0.15) is 0 Å². The Morgan fingerprint density at radius 1 is 1.20 bits per heavy atom. The molecule has 0 atom stereocenters. The number of hydrogen-bond acceptors (Lipinski definition) is 6. The van der Waals surface area contributed by atoms with Crippen LogP contribution in [0, 0.1) is 0 Å². The van der Waals surface area contributed by atoms with E-state index in [1.165, 1.54) is 12.4 Å². The van der Waals surface area contributed by atoms with Crippen LogP contribution in [-0.4, -0.2) is 48.7 Å². The van der Waals surface area contributed by atoms with Crippen LogP contribution in [0.5, 0.6) is 0 Å². The van der Waals surface area contributed by atoms with Gasteiger partial charge < -0.3 is 20.3 Å². The number of ether oxygens (including phenoxy) is 1. The molecule has 1 amide bonds. The molecule has 0 saturated carbocycles. The second-order valence-electron chi connectivity index (χ2n) is 5.79. The minimum atomic E-state index is -0.151. The van der Waals surface area contributed by atoms with E-state index in [2.05, 4.69) is 31.6 Å². The average molecular weight is 341 g/mol. The molecule has 0 spiro atoms. The van der Waals surface area contributed by atoms with Gasteiger partial charge in [0.25, 0.3) is 5.91 Å². The Morgan fingerprint density at radius 2 is 1.92 bits per heavy atom. The van der Waals surface area contributed by atoms with E-state index in [1.54, 1.807) is 0 Å². The van der Waals surface area contributed by atoms with Crippen LogP contribution in [0.25, 0.3) is 0 Å². The molecular weight excluding hydrogens is 318 g/mol. The zero-order valence-electron chi connectivity index (χ0n) is 14.4. The van der Waals surface area contributed by atoms with Gasteiger partial charge in [0.05, 0.1) is 30.2 Å². The number of aromatic nitrogens is 2. The van der Waals surface area contributed by atoms with E-state index in [-0.39, 0.29) is 5.91 Å². The lowest BCUT2D eigenvalue weighted by Crippen LogP contribution is -2.36. The van der Waals surface area contributed by atoms with Crippen molar-refractivity contribution in [3.63, 3.8) is 0 Å². The Labute approximate surface area is 147 Å². The highest BCUT2D eigenvalue weighted by Crippen LogP contribution is 2.28. The predicted molar refractivity (Wildman–Crippen MR) is 97.4 cm³/mol. The Hall–Kier alpha value is -2.67. The number of hydrogen-bond donors (Lipinski definition) is 2. The van der Waals surface area contributed by atoms with Crippen LogP contribution in [0.2, 0.25) is 0 Å². The first kappa shape index (κ1) is 17.2. The van der Waals surface area contributed by atoms with Crippen LogP contribution in [0.3, 0.4) is 0 Å². The van der Waals surface area contributed by atoms with E-state index in [1.807, 2.05) is 25.1 Å². The second kappa shape index (κ2) is 8.43. The summed E-state index contributed by atoms with van der Waals surface area (Å²) in [4.78, 5) is 22.7. The summed E-state index contributed by atoms with van der Waals surface area (Å²) >= 11 is 0. The van der Waals surface area contributed by atoms with Crippen molar-refractivity contribution < 1.29 is 9.53 Å². The van der Waals surface area contributed by atoms with Crippen molar-refractivity contribution in [2.24, 2.45) is 0 Å². The first-order valence-electron chi connectivity index (χ1n) is 8.57. The van der Waals surface area contributed by atoms with Gasteiger partial charge >= 0.3 is 0 Å². The van der Waals surface area contributed by atoms with Crippen LogP contribution in [-0.2, 0) is 4.74 Å². The third-order valence-corrected chi connectivity index (χ3v) is 3.95. The van der Waals surface area contributed by atoms with Gasteiger partial charge in [-0.2, -0.15) is 0 Å². The number of carbonyl (C=O) groups excluding carboxylic acids is 1. The number of benzene rings is 1. The van der Waals surface area contributed by atoms with Gasteiger partial charge in [-0.15, -0.1) is 0 Å². The lowest BCUT2D eigenvalue weighted by Gasteiger charge is -2.30. The number of anilines is 3.